The highest BCUT2D eigenvalue weighted by atomic mass is 16.5. The number of phenolic OH excluding ortho intramolecular Hbond substituents is 1. The van der Waals surface area contributed by atoms with Crippen molar-refractivity contribution in [2.45, 2.75) is 44.6 Å². The Balaban J connectivity index is 2.41. The Morgan fingerprint density at radius 3 is 2.65 bits per heavy atom. The van der Waals surface area contributed by atoms with Crippen molar-refractivity contribution in [1.82, 2.24) is 0 Å². The molecule has 0 aromatic heterocycles. The maximum absolute atomic E-state index is 10.1. The van der Waals surface area contributed by atoms with Gasteiger partial charge in [0.2, 0.25) is 0 Å². The summed E-state index contributed by atoms with van der Waals surface area (Å²) in [4.78, 5) is 0. The standard InChI is InChI=1S/C14H21NO2/c1-2-17-12-8-6-7-11(16)13(12)14(15)9-4-3-5-10-14/h6-8,16H,2-5,9-10,15H2,1H3. The summed E-state index contributed by atoms with van der Waals surface area (Å²) in [6, 6.07) is 5.39. The third kappa shape index (κ3) is 2.39. The van der Waals surface area contributed by atoms with Gasteiger partial charge in [0.1, 0.15) is 11.5 Å². The van der Waals surface area contributed by atoms with E-state index in [2.05, 4.69) is 0 Å². The summed E-state index contributed by atoms with van der Waals surface area (Å²) in [5.41, 5.74) is 6.84. The molecule has 0 unspecified atom stereocenters. The molecule has 0 radical (unpaired) electrons. The summed E-state index contributed by atoms with van der Waals surface area (Å²) in [7, 11) is 0. The molecular formula is C14H21NO2. The number of benzene rings is 1. The zero-order valence-electron chi connectivity index (χ0n) is 10.4. The van der Waals surface area contributed by atoms with Crippen LogP contribution in [0.3, 0.4) is 0 Å². The van der Waals surface area contributed by atoms with E-state index < -0.39 is 5.54 Å². The third-order valence-corrected chi connectivity index (χ3v) is 3.55. The lowest BCUT2D eigenvalue weighted by Gasteiger charge is -2.35. The van der Waals surface area contributed by atoms with Gasteiger partial charge in [0.15, 0.2) is 0 Å². The van der Waals surface area contributed by atoms with Gasteiger partial charge in [-0.05, 0) is 31.9 Å². The summed E-state index contributed by atoms with van der Waals surface area (Å²) in [5.74, 6) is 0.997. The quantitative estimate of drug-likeness (QED) is 0.847. The Kier molecular flexibility index (Phi) is 3.57. The van der Waals surface area contributed by atoms with Crippen LogP contribution in [0.25, 0.3) is 0 Å². The fraction of sp³-hybridized carbons (Fsp3) is 0.571. The topological polar surface area (TPSA) is 55.5 Å². The molecule has 0 saturated heterocycles. The monoisotopic (exact) mass is 235 g/mol. The van der Waals surface area contributed by atoms with E-state index in [1.165, 1.54) is 6.42 Å². The minimum absolute atomic E-state index is 0.264. The van der Waals surface area contributed by atoms with Crippen LogP contribution in [0, 0.1) is 0 Å². The van der Waals surface area contributed by atoms with Crippen LogP contribution in [0.1, 0.15) is 44.6 Å². The van der Waals surface area contributed by atoms with E-state index in [0.29, 0.717) is 6.61 Å². The van der Waals surface area contributed by atoms with E-state index in [1.807, 2.05) is 13.0 Å². The highest BCUT2D eigenvalue weighted by molar-refractivity contribution is 5.48. The van der Waals surface area contributed by atoms with Crippen molar-refractivity contribution in [1.29, 1.82) is 0 Å². The fourth-order valence-electron chi connectivity index (χ4n) is 2.73. The smallest absolute Gasteiger partial charge is 0.128 e. The predicted octanol–water partition coefficient (Wildman–Crippen LogP) is 2.91. The van der Waals surface area contributed by atoms with Gasteiger partial charge in [0, 0.05) is 5.54 Å². The molecule has 1 saturated carbocycles. The molecule has 1 aliphatic carbocycles. The van der Waals surface area contributed by atoms with Gasteiger partial charge in [0.05, 0.1) is 12.2 Å². The average Bonchev–Trinajstić information content (AvgIpc) is 2.30. The average molecular weight is 235 g/mol. The molecule has 94 valence electrons. The molecule has 17 heavy (non-hydrogen) atoms. The molecule has 0 aliphatic heterocycles. The van der Waals surface area contributed by atoms with E-state index in [9.17, 15) is 5.11 Å². The number of rotatable bonds is 3. The van der Waals surface area contributed by atoms with E-state index >= 15 is 0 Å². The van der Waals surface area contributed by atoms with Gasteiger partial charge in [-0.2, -0.15) is 0 Å². The van der Waals surface area contributed by atoms with E-state index in [1.54, 1.807) is 12.1 Å². The maximum atomic E-state index is 10.1. The summed E-state index contributed by atoms with van der Waals surface area (Å²) in [6.07, 6.45) is 5.32. The second kappa shape index (κ2) is 4.96. The second-order valence-electron chi connectivity index (χ2n) is 4.80. The van der Waals surface area contributed by atoms with Gasteiger partial charge in [-0.25, -0.2) is 0 Å². The molecule has 1 aromatic carbocycles. The zero-order valence-corrected chi connectivity index (χ0v) is 10.4. The van der Waals surface area contributed by atoms with Gasteiger partial charge in [0.25, 0.3) is 0 Å². The lowest BCUT2D eigenvalue weighted by atomic mass is 9.76. The van der Waals surface area contributed by atoms with Crippen LogP contribution in [-0.2, 0) is 5.54 Å². The van der Waals surface area contributed by atoms with E-state index in [4.69, 9.17) is 10.5 Å². The minimum atomic E-state index is -0.423. The highest BCUT2D eigenvalue weighted by Crippen LogP contribution is 2.43. The number of hydrogen-bond acceptors (Lipinski definition) is 3. The molecule has 3 heteroatoms. The van der Waals surface area contributed by atoms with Gasteiger partial charge in [-0.3, -0.25) is 0 Å². The van der Waals surface area contributed by atoms with Crippen LogP contribution in [0.15, 0.2) is 18.2 Å². The molecular weight excluding hydrogens is 214 g/mol. The summed E-state index contributed by atoms with van der Waals surface area (Å²) >= 11 is 0. The Bertz CT molecular complexity index is 384. The molecule has 0 bridgehead atoms. The Morgan fingerprint density at radius 1 is 1.29 bits per heavy atom. The van der Waals surface area contributed by atoms with Crippen molar-refractivity contribution in [3.63, 3.8) is 0 Å². The number of nitrogens with two attached hydrogens (primary N) is 1. The van der Waals surface area contributed by atoms with Gasteiger partial charge in [-0.1, -0.05) is 25.3 Å². The first-order valence-corrected chi connectivity index (χ1v) is 6.41. The van der Waals surface area contributed by atoms with Crippen LogP contribution in [0.5, 0.6) is 11.5 Å². The minimum Gasteiger partial charge on any atom is -0.507 e. The van der Waals surface area contributed by atoms with E-state index in [0.717, 1.165) is 37.0 Å². The predicted molar refractivity (Wildman–Crippen MR) is 68.2 cm³/mol. The number of ether oxygens (including phenoxy) is 1. The van der Waals surface area contributed by atoms with Crippen molar-refractivity contribution in [3.05, 3.63) is 23.8 Å². The molecule has 3 N–H and O–H groups in total. The van der Waals surface area contributed by atoms with Gasteiger partial charge in [-0.15, -0.1) is 0 Å². The van der Waals surface area contributed by atoms with Gasteiger partial charge >= 0.3 is 0 Å². The lowest BCUT2D eigenvalue weighted by Crippen LogP contribution is -2.39. The molecule has 1 aromatic rings. The van der Waals surface area contributed by atoms with Gasteiger partial charge < -0.3 is 15.6 Å². The number of hydrogen-bond donors (Lipinski definition) is 2. The lowest BCUT2D eigenvalue weighted by molar-refractivity contribution is 0.268. The van der Waals surface area contributed by atoms with Crippen LogP contribution >= 0.6 is 0 Å². The number of aromatic hydroxyl groups is 1. The summed E-state index contributed by atoms with van der Waals surface area (Å²) in [5, 5.41) is 10.1. The first-order valence-electron chi connectivity index (χ1n) is 6.41. The molecule has 0 heterocycles. The Hall–Kier alpha value is -1.22. The highest BCUT2D eigenvalue weighted by Gasteiger charge is 2.34. The first kappa shape index (κ1) is 12.2. The maximum Gasteiger partial charge on any atom is 0.128 e. The molecule has 0 amide bonds. The van der Waals surface area contributed by atoms with Crippen LogP contribution in [0.4, 0.5) is 0 Å². The Labute approximate surface area is 103 Å². The fourth-order valence-corrected chi connectivity index (χ4v) is 2.73. The largest absolute Gasteiger partial charge is 0.507 e. The van der Waals surface area contributed by atoms with Crippen molar-refractivity contribution in [2.24, 2.45) is 5.73 Å². The second-order valence-corrected chi connectivity index (χ2v) is 4.80. The van der Waals surface area contributed by atoms with Crippen LogP contribution < -0.4 is 10.5 Å². The Morgan fingerprint density at radius 2 is 2.00 bits per heavy atom. The first-order chi connectivity index (χ1) is 8.17. The van der Waals surface area contributed by atoms with E-state index in [-0.39, 0.29) is 5.75 Å². The molecule has 0 atom stereocenters. The van der Waals surface area contributed by atoms with Crippen molar-refractivity contribution < 1.29 is 9.84 Å². The van der Waals surface area contributed by atoms with Crippen LogP contribution in [0.2, 0.25) is 0 Å². The summed E-state index contributed by atoms with van der Waals surface area (Å²) in [6.45, 7) is 2.53. The van der Waals surface area contributed by atoms with Crippen molar-refractivity contribution >= 4 is 0 Å². The molecule has 1 aliphatic rings. The van der Waals surface area contributed by atoms with Crippen molar-refractivity contribution in [3.8, 4) is 11.5 Å². The molecule has 3 nitrogen and oxygen atoms in total. The van der Waals surface area contributed by atoms with Crippen LogP contribution in [-0.4, -0.2) is 11.7 Å². The zero-order chi connectivity index (χ0) is 12.3. The normalized spacial score (nSPS) is 18.9. The third-order valence-electron chi connectivity index (χ3n) is 3.55. The molecule has 0 spiro atoms. The van der Waals surface area contributed by atoms with Crippen molar-refractivity contribution in [2.75, 3.05) is 6.61 Å². The number of phenols is 1. The summed E-state index contributed by atoms with van der Waals surface area (Å²) < 4.78 is 5.60. The molecule has 2 rings (SSSR count). The SMILES string of the molecule is CCOc1cccc(O)c1C1(N)CCCCC1. The molecule has 1 fully saturated rings.